The van der Waals surface area contributed by atoms with Gasteiger partial charge in [-0.05, 0) is 12.1 Å². The van der Waals surface area contributed by atoms with Gasteiger partial charge in [-0.1, -0.05) is 11.3 Å². The number of H-pyrrole nitrogens is 1. The van der Waals surface area contributed by atoms with Crippen molar-refractivity contribution in [2.45, 2.75) is 0 Å². The molecule has 0 aliphatic rings. The van der Waals surface area contributed by atoms with E-state index >= 15 is 0 Å². The van der Waals surface area contributed by atoms with Crippen molar-refractivity contribution in [2.24, 2.45) is 0 Å². The molecular formula is C8H10Cl2N4OS. The smallest absolute Gasteiger partial charge is 0.181 e. The molecule has 0 radical (unpaired) electrons. The predicted octanol–water partition coefficient (Wildman–Crippen LogP) is 1.77. The summed E-state index contributed by atoms with van der Waals surface area (Å²) in [6.07, 6.45) is 1.68. The van der Waals surface area contributed by atoms with Crippen LogP contribution in [0.25, 0.3) is 21.3 Å². The van der Waals surface area contributed by atoms with Crippen molar-refractivity contribution in [3.63, 3.8) is 0 Å². The van der Waals surface area contributed by atoms with Crippen molar-refractivity contribution in [3.8, 4) is 0 Å². The van der Waals surface area contributed by atoms with E-state index in [2.05, 4.69) is 15.0 Å². The van der Waals surface area contributed by atoms with Crippen LogP contribution in [-0.2, 0) is 0 Å². The first-order valence-electron chi connectivity index (χ1n) is 3.83. The van der Waals surface area contributed by atoms with Crippen LogP contribution in [0.1, 0.15) is 0 Å². The summed E-state index contributed by atoms with van der Waals surface area (Å²) in [4.78, 5) is 11.5. The van der Waals surface area contributed by atoms with Gasteiger partial charge in [0.2, 0.25) is 0 Å². The molecule has 5 nitrogen and oxygen atoms in total. The summed E-state index contributed by atoms with van der Waals surface area (Å²) in [6, 6.07) is 3.91. The number of hydrogen-bond donors (Lipinski definition) is 2. The third-order valence-corrected chi connectivity index (χ3v) is 2.87. The molecule has 0 amide bonds. The van der Waals surface area contributed by atoms with Crippen LogP contribution in [0.5, 0.6) is 0 Å². The van der Waals surface area contributed by atoms with Gasteiger partial charge in [0, 0.05) is 0 Å². The number of anilines is 1. The van der Waals surface area contributed by atoms with Crippen LogP contribution < -0.4 is 5.73 Å². The highest BCUT2D eigenvalue weighted by molar-refractivity contribution is 7.22. The van der Waals surface area contributed by atoms with Gasteiger partial charge in [-0.15, -0.1) is 24.8 Å². The first kappa shape index (κ1) is 14.9. The van der Waals surface area contributed by atoms with E-state index < -0.39 is 0 Å². The zero-order valence-electron chi connectivity index (χ0n) is 7.93. The topological polar surface area (TPSA) is 99.1 Å². The summed E-state index contributed by atoms with van der Waals surface area (Å²) in [5, 5.41) is 0.588. The summed E-state index contributed by atoms with van der Waals surface area (Å²) in [6.45, 7) is 0. The van der Waals surface area contributed by atoms with Gasteiger partial charge in [0.1, 0.15) is 5.52 Å². The second-order valence-electron chi connectivity index (χ2n) is 2.76. The summed E-state index contributed by atoms with van der Waals surface area (Å²) >= 11 is 1.47. The molecule has 0 saturated carbocycles. The Morgan fingerprint density at radius 2 is 2.00 bits per heavy atom. The Morgan fingerprint density at radius 3 is 2.75 bits per heavy atom. The third-order valence-electron chi connectivity index (χ3n) is 1.96. The molecule has 16 heavy (non-hydrogen) atoms. The maximum Gasteiger partial charge on any atom is 0.181 e. The van der Waals surface area contributed by atoms with E-state index in [0.717, 1.165) is 21.3 Å². The summed E-state index contributed by atoms with van der Waals surface area (Å²) in [5.41, 5.74) is 8.51. The number of thiazole rings is 1. The summed E-state index contributed by atoms with van der Waals surface area (Å²) in [7, 11) is 0. The fraction of sp³-hybridized carbons (Fsp3) is 0. The van der Waals surface area contributed by atoms with Crippen LogP contribution in [0.3, 0.4) is 0 Å². The van der Waals surface area contributed by atoms with Crippen molar-refractivity contribution in [1.29, 1.82) is 0 Å². The predicted molar refractivity (Wildman–Crippen MR) is 71.8 cm³/mol. The van der Waals surface area contributed by atoms with Crippen molar-refractivity contribution in [2.75, 3.05) is 5.73 Å². The first-order valence-corrected chi connectivity index (χ1v) is 4.64. The van der Waals surface area contributed by atoms with E-state index in [0.29, 0.717) is 5.13 Å². The van der Waals surface area contributed by atoms with Gasteiger partial charge in [0.15, 0.2) is 5.13 Å². The molecule has 0 saturated heterocycles. The zero-order valence-corrected chi connectivity index (χ0v) is 10.4. The molecule has 5 N–H and O–H groups in total. The van der Waals surface area contributed by atoms with E-state index in [-0.39, 0.29) is 30.3 Å². The van der Waals surface area contributed by atoms with Gasteiger partial charge in [-0.2, -0.15) is 0 Å². The van der Waals surface area contributed by atoms with E-state index in [1.165, 1.54) is 11.3 Å². The molecule has 0 spiro atoms. The van der Waals surface area contributed by atoms with Crippen LogP contribution in [0.2, 0.25) is 0 Å². The summed E-state index contributed by atoms with van der Waals surface area (Å²) in [5.74, 6) is 0. The van der Waals surface area contributed by atoms with Gasteiger partial charge in [0.05, 0.1) is 22.1 Å². The number of aromatic amines is 1. The summed E-state index contributed by atoms with van der Waals surface area (Å²) < 4.78 is 1.05. The van der Waals surface area contributed by atoms with E-state index in [1.54, 1.807) is 6.33 Å². The minimum Gasteiger partial charge on any atom is -0.412 e. The monoisotopic (exact) mass is 280 g/mol. The molecule has 0 unspecified atom stereocenters. The molecule has 0 bridgehead atoms. The Kier molecular flexibility index (Phi) is 4.95. The number of nitrogen functional groups attached to an aromatic ring is 1. The number of hydrogen-bond acceptors (Lipinski definition) is 4. The van der Waals surface area contributed by atoms with Crippen LogP contribution in [-0.4, -0.2) is 20.4 Å². The Bertz CT molecular complexity index is 594. The van der Waals surface area contributed by atoms with Gasteiger partial charge < -0.3 is 16.2 Å². The third kappa shape index (κ3) is 2.05. The van der Waals surface area contributed by atoms with Gasteiger partial charge >= 0.3 is 0 Å². The Hall–Kier alpha value is -1.08. The molecule has 3 aromatic rings. The number of benzene rings is 1. The molecule has 2 heterocycles. The number of halogens is 2. The average Bonchev–Trinajstić information content (AvgIpc) is 2.65. The second-order valence-corrected chi connectivity index (χ2v) is 3.80. The number of nitrogens with zero attached hydrogens (tertiary/aromatic N) is 2. The number of nitrogens with two attached hydrogens (primary N) is 1. The highest BCUT2D eigenvalue weighted by atomic mass is 35.5. The highest BCUT2D eigenvalue weighted by Gasteiger charge is 2.06. The van der Waals surface area contributed by atoms with E-state index in [9.17, 15) is 0 Å². The standard InChI is InChI=1S/C8H6N4S.2ClH.H2O/c9-8-12-5-2-1-4-6(7(5)13-8)11-3-10-4;;;/h1-3H,(H2,9,12)(H,10,11);2*1H;1H2. The zero-order chi connectivity index (χ0) is 8.84. The Labute approximate surface area is 107 Å². The largest absolute Gasteiger partial charge is 0.412 e. The van der Waals surface area contributed by atoms with Crippen LogP contribution in [0.15, 0.2) is 18.5 Å². The number of imidazole rings is 1. The number of fused-ring (bicyclic) bond motifs is 3. The van der Waals surface area contributed by atoms with Gasteiger partial charge in [-0.3, -0.25) is 0 Å². The lowest BCUT2D eigenvalue weighted by Gasteiger charge is -1.87. The Balaban J connectivity index is 0.000000750. The van der Waals surface area contributed by atoms with Crippen molar-refractivity contribution >= 4 is 62.5 Å². The number of rotatable bonds is 0. The molecule has 3 rings (SSSR count). The fourth-order valence-corrected chi connectivity index (χ4v) is 2.24. The average molecular weight is 281 g/mol. The lowest BCUT2D eigenvalue weighted by molar-refractivity contribution is 0.824. The van der Waals surface area contributed by atoms with Crippen LogP contribution in [0, 0.1) is 0 Å². The molecule has 0 fully saturated rings. The van der Waals surface area contributed by atoms with Crippen molar-refractivity contribution in [1.82, 2.24) is 15.0 Å². The minimum absolute atomic E-state index is 0. The van der Waals surface area contributed by atoms with E-state index in [1.807, 2.05) is 12.1 Å². The number of nitrogens with one attached hydrogen (secondary N) is 1. The molecule has 0 aliphatic carbocycles. The normalized spacial score (nSPS) is 9.25. The fourth-order valence-electron chi connectivity index (χ4n) is 1.41. The molecule has 88 valence electrons. The quantitative estimate of drug-likeness (QED) is 0.656. The highest BCUT2D eigenvalue weighted by Crippen LogP contribution is 2.29. The lowest BCUT2D eigenvalue weighted by atomic mass is 10.3. The minimum atomic E-state index is 0. The molecule has 2 aromatic heterocycles. The van der Waals surface area contributed by atoms with Gasteiger partial charge in [0.25, 0.3) is 0 Å². The first-order chi connectivity index (χ1) is 6.34. The maximum absolute atomic E-state index is 5.62. The van der Waals surface area contributed by atoms with Crippen molar-refractivity contribution < 1.29 is 5.48 Å². The van der Waals surface area contributed by atoms with Crippen molar-refractivity contribution in [3.05, 3.63) is 18.5 Å². The SMILES string of the molecule is Cl.Cl.Nc1nc2ccc3[nH]cnc3c2s1.O. The Morgan fingerprint density at radius 1 is 1.25 bits per heavy atom. The molecule has 1 aromatic carbocycles. The second kappa shape index (κ2) is 5.31. The van der Waals surface area contributed by atoms with Gasteiger partial charge in [-0.25, -0.2) is 9.97 Å². The number of aromatic nitrogens is 3. The van der Waals surface area contributed by atoms with Crippen LogP contribution in [0.4, 0.5) is 5.13 Å². The molecule has 8 heteroatoms. The van der Waals surface area contributed by atoms with E-state index in [4.69, 9.17) is 5.73 Å². The molecule has 0 atom stereocenters. The molecular weight excluding hydrogens is 271 g/mol. The maximum atomic E-state index is 5.62. The lowest BCUT2D eigenvalue weighted by Crippen LogP contribution is -1.78. The molecule has 0 aliphatic heterocycles. The van der Waals surface area contributed by atoms with Crippen LogP contribution >= 0.6 is 36.2 Å².